The molecule has 3 rings (SSSR count). The van der Waals surface area contributed by atoms with Crippen LogP contribution in [0.4, 0.5) is 5.82 Å². The fraction of sp³-hybridized carbons (Fsp3) is 0.700. The highest BCUT2D eigenvalue weighted by Gasteiger charge is 2.33. The summed E-state index contributed by atoms with van der Waals surface area (Å²) in [5.74, 6) is 2.05. The first-order valence-corrected chi connectivity index (χ1v) is 5.14. The molecule has 0 spiro atoms. The Labute approximate surface area is 78.1 Å². The van der Waals surface area contributed by atoms with Crippen LogP contribution >= 0.6 is 0 Å². The molecule has 3 nitrogen and oxygen atoms in total. The van der Waals surface area contributed by atoms with Crippen LogP contribution in [0.25, 0.3) is 0 Å². The second-order valence-electron chi connectivity index (χ2n) is 4.25. The number of hydrogen-bond donors (Lipinski definition) is 1. The molecule has 1 aliphatic heterocycles. The van der Waals surface area contributed by atoms with Gasteiger partial charge in [-0.15, -0.1) is 0 Å². The molecule has 1 N–H and O–H groups in total. The van der Waals surface area contributed by atoms with Gasteiger partial charge in [0, 0.05) is 12.6 Å². The number of nitrogens with zero attached hydrogens (tertiary/aromatic N) is 2. The van der Waals surface area contributed by atoms with Crippen LogP contribution in [-0.2, 0) is 0 Å². The van der Waals surface area contributed by atoms with Crippen molar-refractivity contribution in [1.82, 2.24) is 9.78 Å². The number of anilines is 1. The lowest BCUT2D eigenvalue weighted by Crippen LogP contribution is -2.29. The van der Waals surface area contributed by atoms with E-state index < -0.39 is 0 Å². The Kier molecular flexibility index (Phi) is 1.43. The fourth-order valence-electron chi connectivity index (χ4n) is 2.71. The Bertz CT molecular complexity index is 329. The third-order valence-electron chi connectivity index (χ3n) is 3.34. The maximum Gasteiger partial charge on any atom is 0.124 e. The van der Waals surface area contributed by atoms with Crippen LogP contribution in [0.15, 0.2) is 6.07 Å². The largest absolute Gasteiger partial charge is 0.370 e. The van der Waals surface area contributed by atoms with Crippen LogP contribution in [0.2, 0.25) is 0 Å². The Morgan fingerprint density at radius 1 is 1.54 bits per heavy atom. The van der Waals surface area contributed by atoms with Crippen molar-refractivity contribution in [1.29, 1.82) is 0 Å². The molecule has 2 aliphatic rings. The second-order valence-corrected chi connectivity index (χ2v) is 4.25. The zero-order valence-corrected chi connectivity index (χ0v) is 7.95. The Hall–Kier alpha value is -0.990. The van der Waals surface area contributed by atoms with Crippen LogP contribution in [0, 0.1) is 12.8 Å². The van der Waals surface area contributed by atoms with Crippen molar-refractivity contribution in [2.75, 3.05) is 11.9 Å². The third-order valence-corrected chi connectivity index (χ3v) is 3.34. The van der Waals surface area contributed by atoms with Gasteiger partial charge in [0.1, 0.15) is 5.82 Å². The van der Waals surface area contributed by atoms with Gasteiger partial charge < -0.3 is 5.32 Å². The summed E-state index contributed by atoms with van der Waals surface area (Å²) in [6.45, 7) is 3.22. The van der Waals surface area contributed by atoms with Gasteiger partial charge in [-0.1, -0.05) is 6.42 Å². The summed E-state index contributed by atoms with van der Waals surface area (Å²) in [5.41, 5.74) is 1.13. The Balaban J connectivity index is 2.05. The number of aromatic nitrogens is 2. The molecule has 2 heterocycles. The number of rotatable bonds is 0. The van der Waals surface area contributed by atoms with Gasteiger partial charge >= 0.3 is 0 Å². The average Bonchev–Trinajstić information content (AvgIpc) is 2.65. The Morgan fingerprint density at radius 3 is 3.38 bits per heavy atom. The molecule has 1 saturated carbocycles. The number of nitrogens with one attached hydrogen (secondary N) is 1. The van der Waals surface area contributed by atoms with Crippen LogP contribution in [-0.4, -0.2) is 16.3 Å². The van der Waals surface area contributed by atoms with Crippen LogP contribution < -0.4 is 5.32 Å². The molecule has 0 bridgehead atoms. The van der Waals surface area contributed by atoms with E-state index in [-0.39, 0.29) is 0 Å². The molecule has 1 aromatic heterocycles. The molecule has 0 amide bonds. The van der Waals surface area contributed by atoms with Crippen molar-refractivity contribution in [2.24, 2.45) is 5.92 Å². The maximum absolute atomic E-state index is 4.55. The van der Waals surface area contributed by atoms with E-state index in [1.54, 1.807) is 0 Å². The molecule has 0 saturated heterocycles. The predicted octanol–water partition coefficient (Wildman–Crippen LogP) is 1.96. The summed E-state index contributed by atoms with van der Waals surface area (Å²) in [5, 5.41) is 8.00. The van der Waals surface area contributed by atoms with Crippen molar-refractivity contribution in [3.8, 4) is 0 Å². The molecule has 1 aliphatic carbocycles. The van der Waals surface area contributed by atoms with Gasteiger partial charge in [-0.25, -0.2) is 4.68 Å². The molecule has 0 radical (unpaired) electrons. The van der Waals surface area contributed by atoms with E-state index in [0.29, 0.717) is 6.04 Å². The average molecular weight is 177 g/mol. The van der Waals surface area contributed by atoms with Gasteiger partial charge in [0.15, 0.2) is 0 Å². The van der Waals surface area contributed by atoms with Gasteiger partial charge in [0.05, 0.1) is 11.7 Å². The highest BCUT2D eigenvalue weighted by Crippen LogP contribution is 2.40. The van der Waals surface area contributed by atoms with Crippen LogP contribution in [0.1, 0.15) is 31.0 Å². The lowest BCUT2D eigenvalue weighted by molar-refractivity contribution is 0.346. The topological polar surface area (TPSA) is 29.9 Å². The normalized spacial score (nSPS) is 30.8. The van der Waals surface area contributed by atoms with Gasteiger partial charge in [0.25, 0.3) is 0 Å². The van der Waals surface area contributed by atoms with E-state index >= 15 is 0 Å². The minimum Gasteiger partial charge on any atom is -0.370 e. The summed E-state index contributed by atoms with van der Waals surface area (Å²) < 4.78 is 2.20. The lowest BCUT2D eigenvalue weighted by atomic mass is 10.0. The summed E-state index contributed by atoms with van der Waals surface area (Å²) in [7, 11) is 0. The summed E-state index contributed by atoms with van der Waals surface area (Å²) in [4.78, 5) is 0. The fourth-order valence-corrected chi connectivity index (χ4v) is 2.71. The first-order valence-electron chi connectivity index (χ1n) is 5.14. The summed E-state index contributed by atoms with van der Waals surface area (Å²) in [6, 6.07) is 2.83. The zero-order valence-electron chi connectivity index (χ0n) is 7.95. The molecule has 70 valence electrons. The summed E-state index contributed by atoms with van der Waals surface area (Å²) >= 11 is 0. The van der Waals surface area contributed by atoms with Crippen molar-refractivity contribution in [3.05, 3.63) is 11.8 Å². The smallest absolute Gasteiger partial charge is 0.124 e. The van der Waals surface area contributed by atoms with Crippen molar-refractivity contribution in [3.63, 3.8) is 0 Å². The van der Waals surface area contributed by atoms with Gasteiger partial charge in [-0.3, -0.25) is 0 Å². The minimum absolute atomic E-state index is 0.685. The maximum atomic E-state index is 4.55. The monoisotopic (exact) mass is 177 g/mol. The van der Waals surface area contributed by atoms with Crippen molar-refractivity contribution < 1.29 is 0 Å². The molecule has 3 heteroatoms. The molecule has 13 heavy (non-hydrogen) atoms. The molecular formula is C10H15N3. The number of fused-ring (bicyclic) bond motifs is 3. The van der Waals surface area contributed by atoms with Gasteiger partial charge in [-0.2, -0.15) is 5.10 Å². The van der Waals surface area contributed by atoms with Crippen LogP contribution in [0.3, 0.4) is 0 Å². The van der Waals surface area contributed by atoms with Crippen molar-refractivity contribution >= 4 is 5.82 Å². The highest BCUT2D eigenvalue weighted by molar-refractivity contribution is 5.39. The minimum atomic E-state index is 0.685. The van der Waals surface area contributed by atoms with E-state index in [4.69, 9.17) is 0 Å². The number of aryl methyl sites for hydroxylation is 1. The van der Waals surface area contributed by atoms with E-state index in [2.05, 4.69) is 28.1 Å². The van der Waals surface area contributed by atoms with E-state index in [9.17, 15) is 0 Å². The highest BCUT2D eigenvalue weighted by atomic mass is 15.4. The molecule has 0 aromatic carbocycles. The Morgan fingerprint density at radius 2 is 2.46 bits per heavy atom. The molecule has 2 unspecified atom stereocenters. The first-order chi connectivity index (χ1) is 6.34. The molecule has 1 fully saturated rings. The third kappa shape index (κ3) is 0.992. The predicted molar refractivity (Wildman–Crippen MR) is 51.8 cm³/mol. The second kappa shape index (κ2) is 2.50. The number of hydrogen-bond acceptors (Lipinski definition) is 2. The van der Waals surface area contributed by atoms with E-state index in [0.717, 1.165) is 18.2 Å². The van der Waals surface area contributed by atoms with Crippen molar-refractivity contribution in [2.45, 2.75) is 32.2 Å². The molecule has 2 atom stereocenters. The first kappa shape index (κ1) is 7.42. The van der Waals surface area contributed by atoms with E-state index in [1.807, 2.05) is 0 Å². The lowest BCUT2D eigenvalue weighted by Gasteiger charge is -2.28. The van der Waals surface area contributed by atoms with Crippen LogP contribution in [0.5, 0.6) is 0 Å². The zero-order chi connectivity index (χ0) is 8.84. The molecule has 1 aromatic rings. The summed E-state index contributed by atoms with van der Waals surface area (Å²) in [6.07, 6.45) is 4.06. The standard InChI is InChI=1S/C10H15N3/c1-7-5-10-11-6-8-3-2-4-9(8)13(10)12-7/h5,8-9,11H,2-4,6H2,1H3. The van der Waals surface area contributed by atoms with E-state index in [1.165, 1.54) is 25.1 Å². The van der Waals surface area contributed by atoms with Gasteiger partial charge in [-0.05, 0) is 25.7 Å². The SMILES string of the molecule is Cc1cc2n(n1)C1CCCC1CN2. The van der Waals surface area contributed by atoms with Gasteiger partial charge in [0.2, 0.25) is 0 Å². The quantitative estimate of drug-likeness (QED) is 0.656. The molecular weight excluding hydrogens is 162 g/mol.